The molecule has 11 rings (SSSR count). The van der Waals surface area contributed by atoms with Crippen molar-refractivity contribution in [1.29, 1.82) is 0 Å². The minimum atomic E-state index is 0.192. The van der Waals surface area contributed by atoms with Gasteiger partial charge in [0.1, 0.15) is 5.69 Å². The van der Waals surface area contributed by atoms with Crippen LogP contribution in [0.3, 0.4) is 0 Å². The fraction of sp³-hybridized carbons (Fsp3) is 0.0426. The third kappa shape index (κ3) is 4.86. The van der Waals surface area contributed by atoms with Crippen molar-refractivity contribution >= 4 is 44.0 Å². The molecule has 6 aromatic carbocycles. The average Bonchev–Trinajstić information content (AvgIpc) is 3.75. The van der Waals surface area contributed by atoms with Crippen LogP contribution in [0.4, 0.5) is 11.4 Å². The van der Waals surface area contributed by atoms with Gasteiger partial charge >= 0.3 is 0 Å². The monoisotopic (exact) mass is 693 g/mol. The second kappa shape index (κ2) is 12.2. The van der Waals surface area contributed by atoms with E-state index in [0.717, 1.165) is 44.0 Å². The van der Waals surface area contributed by atoms with Crippen LogP contribution in [0.15, 0.2) is 176 Å². The second-order valence-electron chi connectivity index (χ2n) is 13.7. The molecule has 0 amide bonds. The number of fused-ring (bicyclic) bond motifs is 7. The summed E-state index contributed by atoms with van der Waals surface area (Å²) in [7, 11) is 0. The van der Waals surface area contributed by atoms with Gasteiger partial charge in [-0.15, -0.1) is 0 Å². The van der Waals surface area contributed by atoms with Crippen molar-refractivity contribution in [2.24, 2.45) is 0 Å². The van der Waals surface area contributed by atoms with Gasteiger partial charge < -0.3 is 4.90 Å². The smallest absolute Gasteiger partial charge is 0.235 e. The van der Waals surface area contributed by atoms with E-state index in [1.165, 1.54) is 16.6 Å². The Hall–Kier alpha value is -7.25. The fourth-order valence-electron chi connectivity index (χ4n) is 8.15. The topological polar surface area (TPSA) is 72.6 Å². The summed E-state index contributed by atoms with van der Waals surface area (Å²) in [6.45, 7) is 0. The van der Waals surface area contributed by atoms with Crippen molar-refractivity contribution < 1.29 is 0 Å². The zero-order chi connectivity index (χ0) is 35.6. The van der Waals surface area contributed by atoms with E-state index in [1.54, 1.807) is 6.20 Å². The molecular formula is C47H31N7. The highest BCUT2D eigenvalue weighted by atomic mass is 15.2. The predicted octanol–water partition coefficient (Wildman–Crippen LogP) is 10.6. The number of benzene rings is 6. The molecule has 0 saturated heterocycles. The number of anilines is 2. The van der Waals surface area contributed by atoms with Crippen molar-refractivity contribution in [2.75, 3.05) is 4.90 Å². The van der Waals surface area contributed by atoms with Gasteiger partial charge in [0.15, 0.2) is 17.5 Å². The molecule has 0 spiro atoms. The molecule has 1 aliphatic carbocycles. The lowest BCUT2D eigenvalue weighted by Gasteiger charge is -2.28. The predicted molar refractivity (Wildman–Crippen MR) is 217 cm³/mol. The second-order valence-corrected chi connectivity index (χ2v) is 13.7. The Labute approximate surface area is 311 Å². The van der Waals surface area contributed by atoms with E-state index in [4.69, 9.17) is 24.9 Å². The minimum Gasteiger partial charge on any atom is -0.333 e. The molecule has 4 heterocycles. The van der Waals surface area contributed by atoms with Crippen LogP contribution in [0.2, 0.25) is 0 Å². The number of aromatic nitrogens is 6. The highest BCUT2D eigenvalue weighted by Gasteiger charge is 2.38. The van der Waals surface area contributed by atoms with Crippen LogP contribution in [0, 0.1) is 0 Å². The molecule has 7 heteroatoms. The lowest BCUT2D eigenvalue weighted by molar-refractivity contribution is 0.745. The van der Waals surface area contributed by atoms with Gasteiger partial charge in [-0.25, -0.2) is 24.9 Å². The molecule has 3 aromatic heterocycles. The lowest BCUT2D eigenvalue weighted by Crippen LogP contribution is -2.28. The largest absolute Gasteiger partial charge is 0.333 e. The summed E-state index contributed by atoms with van der Waals surface area (Å²) in [6, 6.07) is 50.6. The van der Waals surface area contributed by atoms with Gasteiger partial charge in [0.05, 0.1) is 17.1 Å². The SMILES string of the molecule is C1=CC2c3cc4c5ccccc5n(-c5nccc(-c6nc(-c7ccccc7)nc(-c7ccc8ccccc8c7)n6)n5)c4cc3N(c3ccccc3)C2C=C1. The third-order valence-electron chi connectivity index (χ3n) is 10.6. The third-order valence-corrected chi connectivity index (χ3v) is 10.6. The van der Waals surface area contributed by atoms with Gasteiger partial charge in [-0.1, -0.05) is 127 Å². The number of para-hydroxylation sites is 2. The molecule has 0 bridgehead atoms. The molecule has 2 aliphatic rings. The lowest BCUT2D eigenvalue weighted by atomic mass is 9.90. The fourth-order valence-corrected chi connectivity index (χ4v) is 8.15. The Morgan fingerprint density at radius 3 is 2.09 bits per heavy atom. The molecule has 0 saturated carbocycles. The maximum Gasteiger partial charge on any atom is 0.235 e. The van der Waals surface area contributed by atoms with E-state index in [9.17, 15) is 0 Å². The Morgan fingerprint density at radius 2 is 1.22 bits per heavy atom. The van der Waals surface area contributed by atoms with E-state index < -0.39 is 0 Å². The minimum absolute atomic E-state index is 0.192. The first kappa shape index (κ1) is 30.4. The Morgan fingerprint density at radius 1 is 0.500 bits per heavy atom. The first-order valence-electron chi connectivity index (χ1n) is 18.2. The van der Waals surface area contributed by atoms with Crippen molar-refractivity contribution in [3.8, 4) is 40.2 Å². The van der Waals surface area contributed by atoms with Crippen LogP contribution in [-0.4, -0.2) is 35.5 Å². The summed E-state index contributed by atoms with van der Waals surface area (Å²) in [5.74, 6) is 2.45. The summed E-state index contributed by atoms with van der Waals surface area (Å²) >= 11 is 0. The van der Waals surface area contributed by atoms with Crippen molar-refractivity contribution in [1.82, 2.24) is 29.5 Å². The van der Waals surface area contributed by atoms with Crippen LogP contribution in [-0.2, 0) is 0 Å². The molecule has 254 valence electrons. The number of hydrogen-bond acceptors (Lipinski definition) is 6. The van der Waals surface area contributed by atoms with E-state index in [-0.39, 0.29) is 12.0 Å². The molecule has 0 fully saturated rings. The van der Waals surface area contributed by atoms with Crippen LogP contribution >= 0.6 is 0 Å². The molecule has 1 aliphatic heterocycles. The van der Waals surface area contributed by atoms with Gasteiger partial charge in [0, 0.05) is 45.4 Å². The van der Waals surface area contributed by atoms with E-state index >= 15 is 0 Å². The van der Waals surface area contributed by atoms with Crippen LogP contribution < -0.4 is 4.90 Å². The standard InChI is InChI=1S/C47H31N7/c1-3-14-31(15-4-1)44-50-45(33-24-23-30-13-7-8-16-32(30)27-33)52-46(51-44)39-25-26-48-47(49-39)54-41-22-12-10-20-36(41)38-28-37-35-19-9-11-21-40(35)53(42(37)29-43(38)54)34-17-5-2-6-18-34/h1-29,35,40H. The Balaban J connectivity index is 1.10. The highest BCUT2D eigenvalue weighted by Crippen LogP contribution is 2.50. The molecule has 54 heavy (non-hydrogen) atoms. The quantitative estimate of drug-likeness (QED) is 0.179. The summed E-state index contributed by atoms with van der Waals surface area (Å²) in [5.41, 5.74) is 8.16. The van der Waals surface area contributed by atoms with E-state index in [0.29, 0.717) is 29.1 Å². The summed E-state index contributed by atoms with van der Waals surface area (Å²) in [5, 5.41) is 4.60. The van der Waals surface area contributed by atoms with Crippen LogP contribution in [0.5, 0.6) is 0 Å². The zero-order valence-electron chi connectivity index (χ0n) is 29.0. The van der Waals surface area contributed by atoms with Crippen molar-refractivity contribution in [3.05, 3.63) is 182 Å². The van der Waals surface area contributed by atoms with E-state index in [1.807, 2.05) is 48.5 Å². The van der Waals surface area contributed by atoms with Crippen LogP contribution in [0.1, 0.15) is 11.5 Å². The average molecular weight is 694 g/mol. The van der Waals surface area contributed by atoms with Crippen molar-refractivity contribution in [2.45, 2.75) is 12.0 Å². The zero-order valence-corrected chi connectivity index (χ0v) is 29.0. The summed E-state index contributed by atoms with van der Waals surface area (Å²) < 4.78 is 2.18. The maximum absolute atomic E-state index is 5.21. The molecule has 7 nitrogen and oxygen atoms in total. The molecule has 2 atom stereocenters. The van der Waals surface area contributed by atoms with Gasteiger partial charge in [0.2, 0.25) is 5.95 Å². The van der Waals surface area contributed by atoms with Gasteiger partial charge in [-0.05, 0) is 58.8 Å². The summed E-state index contributed by atoms with van der Waals surface area (Å²) in [4.78, 5) is 27.6. The molecular weight excluding hydrogens is 663 g/mol. The Kier molecular flexibility index (Phi) is 6.85. The first-order valence-corrected chi connectivity index (χ1v) is 18.2. The first-order chi connectivity index (χ1) is 26.8. The number of allylic oxidation sites excluding steroid dienone is 2. The molecule has 0 N–H and O–H groups in total. The Bertz CT molecular complexity index is 2970. The number of rotatable bonds is 5. The molecule has 0 radical (unpaired) electrons. The van der Waals surface area contributed by atoms with Gasteiger partial charge in [0.25, 0.3) is 0 Å². The number of nitrogens with zero attached hydrogens (tertiary/aromatic N) is 7. The van der Waals surface area contributed by atoms with Gasteiger partial charge in [-0.2, -0.15) is 0 Å². The normalized spacial score (nSPS) is 16.0. The van der Waals surface area contributed by atoms with Gasteiger partial charge in [-0.3, -0.25) is 4.57 Å². The van der Waals surface area contributed by atoms with Crippen LogP contribution in [0.25, 0.3) is 72.8 Å². The number of hydrogen-bond donors (Lipinski definition) is 0. The van der Waals surface area contributed by atoms with E-state index in [2.05, 4.69) is 131 Å². The maximum atomic E-state index is 5.21. The summed E-state index contributed by atoms with van der Waals surface area (Å²) in [6.07, 6.45) is 10.8. The molecule has 9 aromatic rings. The molecule has 2 unspecified atom stereocenters. The van der Waals surface area contributed by atoms with Crippen molar-refractivity contribution in [3.63, 3.8) is 0 Å². The highest BCUT2D eigenvalue weighted by molar-refractivity contribution is 6.11.